The van der Waals surface area contributed by atoms with Crippen LogP contribution in [-0.2, 0) is 4.74 Å². The summed E-state index contributed by atoms with van der Waals surface area (Å²) >= 11 is 1.68. The predicted molar refractivity (Wildman–Crippen MR) is 27.5 cm³/mol. The van der Waals surface area contributed by atoms with Crippen molar-refractivity contribution in [1.82, 2.24) is 0 Å². The lowest BCUT2D eigenvalue weighted by Gasteiger charge is -1.86. The maximum Gasteiger partial charge on any atom is 0.146 e. The molecule has 0 radical (unpaired) electrons. The molecule has 6 heavy (non-hydrogen) atoms. The Balaban J connectivity index is 2.37. The third-order valence-electron chi connectivity index (χ3n) is 0.609. The molecule has 0 spiro atoms. The second-order valence-electron chi connectivity index (χ2n) is 1.07. The standard InChI is InChI=1S/C4H6OS/c1-4-5-2-3-6-4/h1-3H2. The Morgan fingerprint density at radius 3 is 2.83 bits per heavy atom. The van der Waals surface area contributed by atoms with Gasteiger partial charge in [0.05, 0.1) is 6.61 Å². The predicted octanol–water partition coefficient (Wildman–Crippen LogP) is 1.22. The molecule has 2 heteroatoms. The van der Waals surface area contributed by atoms with E-state index in [0.717, 1.165) is 17.5 Å². The van der Waals surface area contributed by atoms with Crippen LogP contribution in [0.15, 0.2) is 11.7 Å². The van der Waals surface area contributed by atoms with Gasteiger partial charge in [0.15, 0.2) is 0 Å². The highest BCUT2D eigenvalue weighted by Crippen LogP contribution is 2.20. The van der Waals surface area contributed by atoms with Crippen molar-refractivity contribution in [3.05, 3.63) is 11.7 Å². The second-order valence-corrected chi connectivity index (χ2v) is 2.22. The van der Waals surface area contributed by atoms with E-state index in [4.69, 9.17) is 4.74 Å². The maximum atomic E-state index is 4.92. The molecule has 1 nitrogen and oxygen atoms in total. The van der Waals surface area contributed by atoms with Gasteiger partial charge in [-0.15, -0.1) is 0 Å². The van der Waals surface area contributed by atoms with Crippen LogP contribution in [0.25, 0.3) is 0 Å². The first-order chi connectivity index (χ1) is 2.89. The van der Waals surface area contributed by atoms with Crippen LogP contribution in [0.2, 0.25) is 0 Å². The third-order valence-corrected chi connectivity index (χ3v) is 1.42. The van der Waals surface area contributed by atoms with Crippen molar-refractivity contribution in [2.45, 2.75) is 0 Å². The minimum Gasteiger partial charge on any atom is -0.487 e. The van der Waals surface area contributed by atoms with Crippen LogP contribution < -0.4 is 0 Å². The molecule has 1 aliphatic heterocycles. The summed E-state index contributed by atoms with van der Waals surface area (Å²) in [7, 11) is 0. The molecule has 0 atom stereocenters. The van der Waals surface area contributed by atoms with E-state index in [-0.39, 0.29) is 0 Å². The van der Waals surface area contributed by atoms with Crippen molar-refractivity contribution in [2.75, 3.05) is 12.4 Å². The molecule has 0 saturated carbocycles. The summed E-state index contributed by atoms with van der Waals surface area (Å²) in [6.45, 7) is 4.45. The zero-order chi connectivity index (χ0) is 4.41. The highest BCUT2D eigenvalue weighted by atomic mass is 32.2. The SMILES string of the molecule is C=C1OCCS1. The number of hydrogen-bond acceptors (Lipinski definition) is 2. The van der Waals surface area contributed by atoms with E-state index in [9.17, 15) is 0 Å². The Bertz CT molecular complexity index is 61.9. The fourth-order valence-electron chi connectivity index (χ4n) is 0.353. The van der Waals surface area contributed by atoms with E-state index in [1.807, 2.05) is 0 Å². The molecule has 1 aliphatic rings. The van der Waals surface area contributed by atoms with Gasteiger partial charge in [0.2, 0.25) is 0 Å². The summed E-state index contributed by atoms with van der Waals surface area (Å²) in [5.74, 6) is 1.08. The summed E-state index contributed by atoms with van der Waals surface area (Å²) in [4.78, 5) is 0. The Hall–Kier alpha value is -0.110. The van der Waals surface area contributed by atoms with Gasteiger partial charge in [-0.05, 0) is 6.58 Å². The first kappa shape index (κ1) is 4.06. The molecule has 1 rings (SSSR count). The van der Waals surface area contributed by atoms with Crippen LogP contribution in [0.4, 0.5) is 0 Å². The maximum absolute atomic E-state index is 4.92. The lowest BCUT2D eigenvalue weighted by atomic mass is 10.9. The molecular weight excluding hydrogens is 96.1 g/mol. The second kappa shape index (κ2) is 1.56. The average molecular weight is 102 g/mol. The zero-order valence-electron chi connectivity index (χ0n) is 3.44. The number of ether oxygens (including phenoxy) is 1. The van der Waals surface area contributed by atoms with Gasteiger partial charge in [0.25, 0.3) is 0 Å². The molecule has 0 aromatic rings. The first-order valence-electron chi connectivity index (χ1n) is 1.84. The molecule has 1 saturated heterocycles. The van der Waals surface area contributed by atoms with Crippen molar-refractivity contribution in [3.63, 3.8) is 0 Å². The van der Waals surface area contributed by atoms with Gasteiger partial charge in [-0.2, -0.15) is 0 Å². The fourth-order valence-corrected chi connectivity index (χ4v) is 0.914. The molecule has 0 amide bonds. The summed E-state index contributed by atoms with van der Waals surface area (Å²) < 4.78 is 4.92. The van der Waals surface area contributed by atoms with E-state index in [0.29, 0.717) is 0 Å². The first-order valence-corrected chi connectivity index (χ1v) is 2.82. The van der Waals surface area contributed by atoms with Crippen LogP contribution >= 0.6 is 11.8 Å². The number of hydrogen-bond donors (Lipinski definition) is 0. The summed E-state index contributed by atoms with van der Waals surface area (Å²) in [5, 5.41) is 0.870. The van der Waals surface area contributed by atoms with Crippen molar-refractivity contribution >= 4 is 11.8 Å². The van der Waals surface area contributed by atoms with Crippen LogP contribution in [0.1, 0.15) is 0 Å². The molecule has 0 unspecified atom stereocenters. The highest BCUT2D eigenvalue weighted by Gasteiger charge is 2.02. The van der Waals surface area contributed by atoms with Crippen LogP contribution in [0.3, 0.4) is 0 Å². The Morgan fingerprint density at radius 2 is 2.67 bits per heavy atom. The van der Waals surface area contributed by atoms with E-state index in [1.54, 1.807) is 11.8 Å². The Morgan fingerprint density at radius 1 is 1.83 bits per heavy atom. The zero-order valence-corrected chi connectivity index (χ0v) is 4.25. The Labute approximate surface area is 41.4 Å². The normalized spacial score (nSPS) is 21.0. The smallest absolute Gasteiger partial charge is 0.146 e. The number of thioether (sulfide) groups is 1. The molecule has 1 fully saturated rings. The fraction of sp³-hybridized carbons (Fsp3) is 0.500. The van der Waals surface area contributed by atoms with Gasteiger partial charge in [-0.25, -0.2) is 0 Å². The quantitative estimate of drug-likeness (QED) is 0.455. The van der Waals surface area contributed by atoms with Crippen LogP contribution in [0, 0.1) is 0 Å². The molecule has 1 heterocycles. The van der Waals surface area contributed by atoms with E-state index >= 15 is 0 Å². The monoisotopic (exact) mass is 102 g/mol. The van der Waals surface area contributed by atoms with Gasteiger partial charge < -0.3 is 4.74 Å². The van der Waals surface area contributed by atoms with E-state index in [2.05, 4.69) is 6.58 Å². The molecule has 0 N–H and O–H groups in total. The molecule has 0 aromatic heterocycles. The van der Waals surface area contributed by atoms with Gasteiger partial charge in [-0.1, -0.05) is 11.8 Å². The molecule has 34 valence electrons. The van der Waals surface area contributed by atoms with E-state index in [1.165, 1.54) is 0 Å². The topological polar surface area (TPSA) is 9.23 Å². The largest absolute Gasteiger partial charge is 0.487 e. The minimum atomic E-state index is 0.851. The lowest BCUT2D eigenvalue weighted by molar-refractivity contribution is 0.276. The van der Waals surface area contributed by atoms with Gasteiger partial charge >= 0.3 is 0 Å². The molecular formula is C4H6OS. The van der Waals surface area contributed by atoms with E-state index < -0.39 is 0 Å². The van der Waals surface area contributed by atoms with Crippen LogP contribution in [0.5, 0.6) is 0 Å². The summed E-state index contributed by atoms with van der Waals surface area (Å²) in [6, 6.07) is 0. The molecule has 0 bridgehead atoms. The third kappa shape index (κ3) is 0.684. The van der Waals surface area contributed by atoms with Gasteiger partial charge in [-0.3, -0.25) is 0 Å². The van der Waals surface area contributed by atoms with Gasteiger partial charge in [0, 0.05) is 5.75 Å². The van der Waals surface area contributed by atoms with Crippen molar-refractivity contribution in [2.24, 2.45) is 0 Å². The lowest BCUT2D eigenvalue weighted by Crippen LogP contribution is -1.77. The molecule has 0 aliphatic carbocycles. The average Bonchev–Trinajstić information content (AvgIpc) is 1.86. The minimum absolute atomic E-state index is 0.851. The van der Waals surface area contributed by atoms with Gasteiger partial charge in [0.1, 0.15) is 5.09 Å². The molecule has 0 aromatic carbocycles. The summed E-state index contributed by atoms with van der Waals surface area (Å²) in [5.41, 5.74) is 0. The van der Waals surface area contributed by atoms with Crippen LogP contribution in [-0.4, -0.2) is 12.4 Å². The highest BCUT2D eigenvalue weighted by molar-refractivity contribution is 8.03. The Kier molecular flexibility index (Phi) is 1.05. The number of rotatable bonds is 0. The van der Waals surface area contributed by atoms with Crippen molar-refractivity contribution in [1.29, 1.82) is 0 Å². The van der Waals surface area contributed by atoms with Crippen molar-refractivity contribution in [3.8, 4) is 0 Å². The van der Waals surface area contributed by atoms with Crippen molar-refractivity contribution < 1.29 is 4.74 Å². The summed E-state index contributed by atoms with van der Waals surface area (Å²) in [6.07, 6.45) is 0.